The summed E-state index contributed by atoms with van der Waals surface area (Å²) in [6.07, 6.45) is 1.39. The van der Waals surface area contributed by atoms with E-state index >= 15 is 0 Å². The quantitative estimate of drug-likeness (QED) is 0.723. The summed E-state index contributed by atoms with van der Waals surface area (Å²) in [6.45, 7) is 2.50. The number of rotatable bonds is 4. The molecule has 0 atom stereocenters. The second-order valence-corrected chi connectivity index (χ2v) is 4.60. The van der Waals surface area contributed by atoms with Gasteiger partial charge in [0.2, 0.25) is 0 Å². The Balaban J connectivity index is 2.11. The molecule has 3 rings (SSSR count). The Bertz CT molecular complexity index is 865. The topological polar surface area (TPSA) is 84.5 Å². The SMILES string of the molecule is CCNc1c(NC(=O)c2ccco2)c(=O)oc2ccccc12. The molecule has 1 amide bonds. The molecule has 0 radical (unpaired) electrons. The third-order valence-corrected chi connectivity index (χ3v) is 3.15. The third kappa shape index (κ3) is 2.46. The van der Waals surface area contributed by atoms with E-state index in [2.05, 4.69) is 10.6 Å². The molecule has 22 heavy (non-hydrogen) atoms. The fraction of sp³-hybridized carbons (Fsp3) is 0.125. The van der Waals surface area contributed by atoms with Crippen molar-refractivity contribution in [2.24, 2.45) is 0 Å². The third-order valence-electron chi connectivity index (χ3n) is 3.15. The average Bonchev–Trinajstić information content (AvgIpc) is 3.05. The molecule has 0 aliphatic carbocycles. The van der Waals surface area contributed by atoms with Crippen LogP contribution in [0.5, 0.6) is 0 Å². The number of furan rings is 1. The average molecular weight is 298 g/mol. The van der Waals surface area contributed by atoms with Crippen LogP contribution in [0.3, 0.4) is 0 Å². The molecule has 6 heteroatoms. The maximum absolute atomic E-state index is 12.2. The summed E-state index contributed by atoms with van der Waals surface area (Å²) in [5.41, 5.74) is 0.449. The molecule has 0 unspecified atom stereocenters. The van der Waals surface area contributed by atoms with E-state index in [9.17, 15) is 9.59 Å². The van der Waals surface area contributed by atoms with E-state index in [0.717, 1.165) is 5.39 Å². The molecular weight excluding hydrogens is 284 g/mol. The molecule has 2 aromatic heterocycles. The number of fused-ring (bicyclic) bond motifs is 1. The molecule has 0 aliphatic heterocycles. The summed E-state index contributed by atoms with van der Waals surface area (Å²) >= 11 is 0. The highest BCUT2D eigenvalue weighted by atomic mass is 16.4. The highest BCUT2D eigenvalue weighted by molar-refractivity contribution is 6.07. The van der Waals surface area contributed by atoms with E-state index in [1.165, 1.54) is 12.3 Å². The predicted octanol–water partition coefficient (Wildman–Crippen LogP) is 3.07. The maximum atomic E-state index is 12.2. The van der Waals surface area contributed by atoms with Crippen LogP contribution < -0.4 is 16.3 Å². The predicted molar refractivity (Wildman–Crippen MR) is 83.3 cm³/mol. The zero-order chi connectivity index (χ0) is 15.5. The summed E-state index contributed by atoms with van der Waals surface area (Å²) in [5, 5.41) is 6.38. The molecule has 6 nitrogen and oxygen atoms in total. The standard InChI is InChI=1S/C16H14N2O4/c1-2-17-13-10-6-3-4-7-11(10)22-16(20)14(13)18-15(19)12-8-5-9-21-12/h3-9,17H,2H2,1H3,(H,18,19). The van der Waals surface area contributed by atoms with E-state index in [0.29, 0.717) is 17.8 Å². The number of hydrogen-bond acceptors (Lipinski definition) is 5. The van der Waals surface area contributed by atoms with Gasteiger partial charge < -0.3 is 19.5 Å². The molecule has 2 heterocycles. The number of anilines is 2. The minimum atomic E-state index is -0.616. The van der Waals surface area contributed by atoms with Crippen molar-refractivity contribution in [3.63, 3.8) is 0 Å². The zero-order valence-corrected chi connectivity index (χ0v) is 11.9. The number of amides is 1. The number of carbonyl (C=O) groups excluding carboxylic acids is 1. The molecule has 0 saturated heterocycles. The number of carbonyl (C=O) groups is 1. The van der Waals surface area contributed by atoms with Gasteiger partial charge in [0.05, 0.1) is 12.0 Å². The van der Waals surface area contributed by atoms with Crippen LogP contribution in [0, 0.1) is 0 Å². The Labute approximate surface area is 125 Å². The highest BCUT2D eigenvalue weighted by Crippen LogP contribution is 2.28. The normalized spacial score (nSPS) is 10.6. The highest BCUT2D eigenvalue weighted by Gasteiger charge is 2.18. The summed E-state index contributed by atoms with van der Waals surface area (Å²) in [6, 6.07) is 10.3. The van der Waals surface area contributed by atoms with Crippen LogP contribution in [0.25, 0.3) is 11.0 Å². The number of benzene rings is 1. The Morgan fingerprint density at radius 2 is 1.95 bits per heavy atom. The Morgan fingerprint density at radius 3 is 2.68 bits per heavy atom. The van der Waals surface area contributed by atoms with Gasteiger partial charge in [-0.1, -0.05) is 12.1 Å². The molecule has 1 aromatic carbocycles. The van der Waals surface area contributed by atoms with Gasteiger partial charge in [0.1, 0.15) is 5.58 Å². The van der Waals surface area contributed by atoms with Crippen molar-refractivity contribution in [2.75, 3.05) is 17.2 Å². The molecule has 0 spiro atoms. The molecular formula is C16H14N2O4. The lowest BCUT2D eigenvalue weighted by Gasteiger charge is -2.12. The molecule has 0 fully saturated rings. The summed E-state index contributed by atoms with van der Waals surface area (Å²) in [7, 11) is 0. The second kappa shape index (κ2) is 5.77. The van der Waals surface area contributed by atoms with Gasteiger partial charge in [-0.25, -0.2) is 4.79 Å². The molecule has 2 N–H and O–H groups in total. The molecule has 0 bridgehead atoms. The van der Waals surface area contributed by atoms with Gasteiger partial charge in [0.15, 0.2) is 11.4 Å². The van der Waals surface area contributed by atoms with Crippen LogP contribution >= 0.6 is 0 Å². The van der Waals surface area contributed by atoms with Crippen molar-refractivity contribution in [1.82, 2.24) is 0 Å². The van der Waals surface area contributed by atoms with Crippen molar-refractivity contribution < 1.29 is 13.6 Å². The van der Waals surface area contributed by atoms with E-state index < -0.39 is 11.5 Å². The molecule has 0 aliphatic rings. The monoisotopic (exact) mass is 298 g/mol. The number of nitrogens with one attached hydrogen (secondary N) is 2. The molecule has 0 saturated carbocycles. The first-order chi connectivity index (χ1) is 10.7. The zero-order valence-electron chi connectivity index (χ0n) is 11.9. The maximum Gasteiger partial charge on any atom is 0.362 e. The molecule has 3 aromatic rings. The minimum absolute atomic E-state index is 0.0712. The number of hydrogen-bond donors (Lipinski definition) is 2. The van der Waals surface area contributed by atoms with Gasteiger partial charge in [0.25, 0.3) is 5.91 Å². The van der Waals surface area contributed by atoms with Crippen LogP contribution in [-0.2, 0) is 0 Å². The van der Waals surface area contributed by atoms with E-state index in [-0.39, 0.29) is 11.4 Å². The van der Waals surface area contributed by atoms with Crippen molar-refractivity contribution >= 4 is 28.3 Å². The van der Waals surface area contributed by atoms with Gasteiger partial charge in [-0.05, 0) is 31.2 Å². The Hall–Kier alpha value is -3.02. The van der Waals surface area contributed by atoms with Crippen LogP contribution in [0.15, 0.2) is 56.3 Å². The van der Waals surface area contributed by atoms with Gasteiger partial charge >= 0.3 is 5.63 Å². The van der Waals surface area contributed by atoms with Gasteiger partial charge in [-0.3, -0.25) is 4.79 Å². The van der Waals surface area contributed by atoms with Gasteiger partial charge in [-0.15, -0.1) is 0 Å². The second-order valence-electron chi connectivity index (χ2n) is 4.60. The summed E-state index contributed by atoms with van der Waals surface area (Å²) in [4.78, 5) is 24.3. The van der Waals surface area contributed by atoms with Crippen LogP contribution in [-0.4, -0.2) is 12.5 Å². The first-order valence-electron chi connectivity index (χ1n) is 6.85. The smallest absolute Gasteiger partial charge is 0.362 e. The molecule has 112 valence electrons. The van der Waals surface area contributed by atoms with E-state index in [1.54, 1.807) is 18.2 Å². The fourth-order valence-corrected chi connectivity index (χ4v) is 2.21. The van der Waals surface area contributed by atoms with Crippen molar-refractivity contribution in [3.8, 4) is 0 Å². The van der Waals surface area contributed by atoms with Crippen LogP contribution in [0.1, 0.15) is 17.5 Å². The first kappa shape index (κ1) is 13.9. The van der Waals surface area contributed by atoms with Crippen molar-refractivity contribution in [2.45, 2.75) is 6.92 Å². The van der Waals surface area contributed by atoms with Crippen LogP contribution in [0.2, 0.25) is 0 Å². The Kier molecular flexibility index (Phi) is 3.65. The summed E-state index contributed by atoms with van der Waals surface area (Å²) in [5.74, 6) is -0.387. The van der Waals surface area contributed by atoms with E-state index in [4.69, 9.17) is 8.83 Å². The van der Waals surface area contributed by atoms with E-state index in [1.807, 2.05) is 19.1 Å². The van der Waals surface area contributed by atoms with Crippen molar-refractivity contribution in [1.29, 1.82) is 0 Å². The lowest BCUT2D eigenvalue weighted by Crippen LogP contribution is -2.19. The van der Waals surface area contributed by atoms with Gasteiger partial charge in [0, 0.05) is 11.9 Å². The largest absolute Gasteiger partial charge is 0.459 e. The van der Waals surface area contributed by atoms with Crippen molar-refractivity contribution in [3.05, 3.63) is 58.8 Å². The van der Waals surface area contributed by atoms with Gasteiger partial charge in [-0.2, -0.15) is 0 Å². The number of para-hydroxylation sites is 1. The first-order valence-corrected chi connectivity index (χ1v) is 6.85. The fourth-order valence-electron chi connectivity index (χ4n) is 2.21. The van der Waals surface area contributed by atoms with Crippen LogP contribution in [0.4, 0.5) is 11.4 Å². The summed E-state index contributed by atoms with van der Waals surface area (Å²) < 4.78 is 10.3. The minimum Gasteiger partial charge on any atom is -0.459 e. The lowest BCUT2D eigenvalue weighted by molar-refractivity contribution is 0.0996. The lowest BCUT2D eigenvalue weighted by atomic mass is 10.2. The Morgan fingerprint density at radius 1 is 1.14 bits per heavy atom.